The standard InChI is InChI=1S/C20H22O9/c1-27-15-4-3-10(6-13(15)21)5-12-18(24)29-19(25)20(12,26)9-11-7-14(22)17(23)16(8-11)28-2/h3-4,6-8,12,19,21-23,25-26H,5,9H2,1-2H3. The number of hydrogen-bond acceptors (Lipinski definition) is 9. The molecule has 156 valence electrons. The van der Waals surface area contributed by atoms with E-state index in [0.29, 0.717) is 11.1 Å². The molecule has 1 aliphatic rings. The summed E-state index contributed by atoms with van der Waals surface area (Å²) in [6.07, 6.45) is -2.09. The number of phenolic OH excluding ortho intramolecular Hbond substituents is 3. The summed E-state index contributed by atoms with van der Waals surface area (Å²) in [7, 11) is 2.70. The number of methoxy groups -OCH3 is 2. The van der Waals surface area contributed by atoms with E-state index >= 15 is 0 Å². The van der Waals surface area contributed by atoms with E-state index in [1.54, 1.807) is 6.07 Å². The molecule has 9 nitrogen and oxygen atoms in total. The molecule has 3 unspecified atom stereocenters. The third-order valence-electron chi connectivity index (χ3n) is 5.05. The summed E-state index contributed by atoms with van der Waals surface area (Å²) in [4.78, 5) is 12.3. The zero-order chi connectivity index (χ0) is 21.3. The van der Waals surface area contributed by atoms with Crippen molar-refractivity contribution in [1.82, 2.24) is 0 Å². The molecule has 1 heterocycles. The zero-order valence-electron chi connectivity index (χ0n) is 15.8. The number of aliphatic hydroxyl groups is 2. The van der Waals surface area contributed by atoms with Crippen molar-refractivity contribution in [2.24, 2.45) is 5.92 Å². The quantitative estimate of drug-likeness (QED) is 0.348. The summed E-state index contributed by atoms with van der Waals surface area (Å²) in [5.41, 5.74) is -1.19. The van der Waals surface area contributed by atoms with Crippen LogP contribution in [0, 0.1) is 5.92 Å². The molecule has 1 aliphatic heterocycles. The van der Waals surface area contributed by atoms with Crippen molar-refractivity contribution in [3.63, 3.8) is 0 Å². The van der Waals surface area contributed by atoms with Crippen molar-refractivity contribution in [3.05, 3.63) is 41.5 Å². The van der Waals surface area contributed by atoms with E-state index in [1.807, 2.05) is 0 Å². The monoisotopic (exact) mass is 406 g/mol. The Bertz CT molecular complexity index is 926. The number of aliphatic hydroxyl groups excluding tert-OH is 1. The van der Waals surface area contributed by atoms with E-state index in [2.05, 4.69) is 0 Å². The predicted molar refractivity (Wildman–Crippen MR) is 98.9 cm³/mol. The molecular weight excluding hydrogens is 384 g/mol. The Balaban J connectivity index is 1.92. The van der Waals surface area contributed by atoms with E-state index in [1.165, 1.54) is 38.5 Å². The normalized spacial score (nSPS) is 23.7. The molecular formula is C20H22O9. The lowest BCUT2D eigenvalue weighted by Gasteiger charge is -2.29. The molecule has 2 aromatic rings. The van der Waals surface area contributed by atoms with Gasteiger partial charge in [-0.1, -0.05) is 6.07 Å². The first-order chi connectivity index (χ1) is 13.7. The van der Waals surface area contributed by atoms with Gasteiger partial charge in [-0.2, -0.15) is 0 Å². The van der Waals surface area contributed by atoms with Crippen LogP contribution in [0.5, 0.6) is 28.7 Å². The summed E-state index contributed by atoms with van der Waals surface area (Å²) in [6.45, 7) is 0. The molecule has 1 fully saturated rings. The maximum absolute atomic E-state index is 12.3. The van der Waals surface area contributed by atoms with Gasteiger partial charge in [-0.25, -0.2) is 0 Å². The summed E-state index contributed by atoms with van der Waals surface area (Å²) in [5.74, 6) is -2.79. The first-order valence-electron chi connectivity index (χ1n) is 8.75. The SMILES string of the molecule is COc1ccc(CC2C(=O)OC(O)C2(O)Cc2cc(O)c(O)c(OC)c2)cc1O. The predicted octanol–water partition coefficient (Wildman–Crippen LogP) is 0.828. The fourth-order valence-electron chi connectivity index (χ4n) is 3.47. The van der Waals surface area contributed by atoms with Crippen molar-refractivity contribution in [2.75, 3.05) is 14.2 Å². The van der Waals surface area contributed by atoms with Crippen molar-refractivity contribution in [1.29, 1.82) is 0 Å². The number of aromatic hydroxyl groups is 3. The smallest absolute Gasteiger partial charge is 0.314 e. The Hall–Kier alpha value is -3.17. The lowest BCUT2D eigenvalue weighted by molar-refractivity contribution is -0.175. The Kier molecular flexibility index (Phi) is 5.45. The van der Waals surface area contributed by atoms with Crippen molar-refractivity contribution < 1.29 is 44.5 Å². The molecule has 2 aromatic carbocycles. The minimum absolute atomic E-state index is 0.0227. The highest BCUT2D eigenvalue weighted by Crippen LogP contribution is 2.41. The number of rotatable bonds is 6. The molecule has 0 radical (unpaired) electrons. The van der Waals surface area contributed by atoms with Gasteiger partial charge in [0.1, 0.15) is 5.60 Å². The van der Waals surface area contributed by atoms with E-state index in [9.17, 15) is 30.3 Å². The molecule has 0 bridgehead atoms. The van der Waals surface area contributed by atoms with Crippen molar-refractivity contribution in [3.8, 4) is 28.7 Å². The van der Waals surface area contributed by atoms with Gasteiger partial charge in [0.15, 0.2) is 23.0 Å². The van der Waals surface area contributed by atoms with Crippen LogP contribution in [0.3, 0.4) is 0 Å². The number of esters is 1. The van der Waals surface area contributed by atoms with Crippen LogP contribution in [0.2, 0.25) is 0 Å². The van der Waals surface area contributed by atoms with Crippen LogP contribution in [0.4, 0.5) is 0 Å². The van der Waals surface area contributed by atoms with E-state index < -0.39 is 35.3 Å². The molecule has 3 atom stereocenters. The van der Waals surface area contributed by atoms with Gasteiger partial charge >= 0.3 is 5.97 Å². The number of carbonyl (C=O) groups is 1. The second-order valence-corrected chi connectivity index (χ2v) is 6.89. The average molecular weight is 406 g/mol. The minimum atomic E-state index is -2.01. The highest BCUT2D eigenvalue weighted by molar-refractivity contribution is 5.77. The first-order valence-corrected chi connectivity index (χ1v) is 8.75. The Labute approximate surface area is 166 Å². The minimum Gasteiger partial charge on any atom is -0.504 e. The second kappa shape index (κ2) is 7.69. The third kappa shape index (κ3) is 3.74. The number of phenols is 3. The van der Waals surface area contributed by atoms with Crippen LogP contribution in [0.25, 0.3) is 0 Å². The maximum Gasteiger partial charge on any atom is 0.314 e. The van der Waals surface area contributed by atoms with Gasteiger partial charge in [0.25, 0.3) is 0 Å². The van der Waals surface area contributed by atoms with Gasteiger partial charge in [0, 0.05) is 6.42 Å². The number of hydrogen-bond donors (Lipinski definition) is 5. The fourth-order valence-corrected chi connectivity index (χ4v) is 3.47. The van der Waals surface area contributed by atoms with Gasteiger partial charge in [0.05, 0.1) is 20.1 Å². The van der Waals surface area contributed by atoms with Crippen LogP contribution in [-0.4, -0.2) is 57.6 Å². The van der Waals surface area contributed by atoms with Crippen LogP contribution in [0.1, 0.15) is 11.1 Å². The van der Waals surface area contributed by atoms with Crippen molar-refractivity contribution in [2.45, 2.75) is 24.7 Å². The molecule has 1 saturated heterocycles. The summed E-state index contributed by atoms with van der Waals surface area (Å²) >= 11 is 0. The van der Waals surface area contributed by atoms with Gasteiger partial charge in [-0.15, -0.1) is 0 Å². The van der Waals surface area contributed by atoms with Crippen LogP contribution in [-0.2, 0) is 22.4 Å². The van der Waals surface area contributed by atoms with Crippen molar-refractivity contribution >= 4 is 5.97 Å². The number of carbonyl (C=O) groups excluding carboxylic acids is 1. The van der Waals surface area contributed by atoms with E-state index in [0.717, 1.165) is 0 Å². The molecule has 0 spiro atoms. The topological polar surface area (TPSA) is 146 Å². The average Bonchev–Trinajstić information content (AvgIpc) is 2.87. The zero-order valence-corrected chi connectivity index (χ0v) is 15.8. The maximum atomic E-state index is 12.3. The molecule has 0 amide bonds. The van der Waals surface area contributed by atoms with E-state index in [-0.39, 0.29) is 30.1 Å². The molecule has 0 aliphatic carbocycles. The van der Waals surface area contributed by atoms with Gasteiger partial charge in [0.2, 0.25) is 12.0 Å². The first kappa shape index (κ1) is 20.6. The molecule has 9 heteroatoms. The Morgan fingerprint density at radius 1 is 1.00 bits per heavy atom. The largest absolute Gasteiger partial charge is 0.504 e. The fraction of sp³-hybridized carbons (Fsp3) is 0.350. The number of cyclic esters (lactones) is 1. The molecule has 5 N–H and O–H groups in total. The van der Waals surface area contributed by atoms with Gasteiger partial charge in [-0.3, -0.25) is 4.79 Å². The number of benzene rings is 2. The molecule has 29 heavy (non-hydrogen) atoms. The van der Waals surface area contributed by atoms with E-state index in [4.69, 9.17) is 14.2 Å². The highest BCUT2D eigenvalue weighted by Gasteiger charge is 2.56. The highest BCUT2D eigenvalue weighted by atomic mass is 16.7. The van der Waals surface area contributed by atoms with Crippen LogP contribution in [0.15, 0.2) is 30.3 Å². The summed E-state index contributed by atoms with van der Waals surface area (Å²) < 4.78 is 14.8. The third-order valence-corrected chi connectivity index (χ3v) is 5.05. The van der Waals surface area contributed by atoms with Crippen LogP contribution >= 0.6 is 0 Å². The van der Waals surface area contributed by atoms with Gasteiger partial charge < -0.3 is 39.7 Å². The lowest BCUT2D eigenvalue weighted by Crippen LogP contribution is -2.47. The second-order valence-electron chi connectivity index (χ2n) is 6.89. The van der Waals surface area contributed by atoms with Crippen LogP contribution < -0.4 is 9.47 Å². The molecule has 3 rings (SSSR count). The molecule has 0 saturated carbocycles. The summed E-state index contributed by atoms with van der Waals surface area (Å²) in [6, 6.07) is 7.10. The number of ether oxygens (including phenoxy) is 3. The van der Waals surface area contributed by atoms with Gasteiger partial charge in [-0.05, 0) is 41.8 Å². The molecule has 0 aromatic heterocycles. The Morgan fingerprint density at radius 3 is 2.28 bits per heavy atom. The Morgan fingerprint density at radius 2 is 1.66 bits per heavy atom. The summed E-state index contributed by atoms with van der Waals surface area (Å²) in [5, 5.41) is 50.9. The lowest BCUT2D eigenvalue weighted by atomic mass is 9.80.